The molecule has 0 aliphatic heterocycles. The predicted molar refractivity (Wildman–Crippen MR) is 151 cm³/mol. The summed E-state index contributed by atoms with van der Waals surface area (Å²) in [7, 11) is 1.59. The van der Waals surface area contributed by atoms with Gasteiger partial charge in [-0.05, 0) is 25.1 Å². The van der Waals surface area contributed by atoms with Crippen molar-refractivity contribution in [3.05, 3.63) is 70.1 Å². The Morgan fingerprint density at radius 2 is 1.92 bits per heavy atom. The minimum atomic E-state index is -0.274. The molecule has 190 valence electrons. The molecule has 9 heteroatoms. The molecule has 1 amide bonds. The number of allylic oxidation sites excluding steroid dienone is 1. The van der Waals surface area contributed by atoms with Gasteiger partial charge >= 0.3 is 0 Å². The normalized spacial score (nSPS) is 11.3. The molecule has 0 saturated heterocycles. The third-order valence-corrected chi connectivity index (χ3v) is 6.44. The molecule has 3 aromatic heterocycles. The first kappa shape index (κ1) is 27.2. The fraction of sp³-hybridized carbons (Fsp3) is 0.296. The molecule has 36 heavy (non-hydrogen) atoms. The Hall–Kier alpha value is -3.43. The first-order valence-corrected chi connectivity index (χ1v) is 13.3. The van der Waals surface area contributed by atoms with Crippen molar-refractivity contribution in [2.75, 3.05) is 12.4 Å². The average molecular weight is 525 g/mol. The highest BCUT2D eigenvalue weighted by atomic mass is 32.1. The average Bonchev–Trinajstić information content (AvgIpc) is 3.55. The van der Waals surface area contributed by atoms with Crippen LogP contribution >= 0.6 is 22.7 Å². The first-order valence-electron chi connectivity index (χ1n) is 11.6. The van der Waals surface area contributed by atoms with Crippen molar-refractivity contribution < 1.29 is 14.3 Å². The summed E-state index contributed by atoms with van der Waals surface area (Å²) in [6, 6.07) is 5.60. The number of amides is 1. The maximum atomic E-state index is 13.3. The van der Waals surface area contributed by atoms with Crippen molar-refractivity contribution in [3.63, 3.8) is 0 Å². The Bertz CT molecular complexity index is 1390. The monoisotopic (exact) mass is 524 g/mol. The maximum absolute atomic E-state index is 13.3. The van der Waals surface area contributed by atoms with E-state index in [-0.39, 0.29) is 11.3 Å². The molecule has 0 bridgehead atoms. The van der Waals surface area contributed by atoms with Crippen LogP contribution in [0.3, 0.4) is 0 Å². The second-order valence-electron chi connectivity index (χ2n) is 8.66. The number of imidazole rings is 1. The molecule has 3 heterocycles. The number of carbonyl (C=O) groups is 1. The van der Waals surface area contributed by atoms with E-state index in [1.54, 1.807) is 24.5 Å². The van der Waals surface area contributed by atoms with Gasteiger partial charge in [0.15, 0.2) is 21.6 Å². The maximum Gasteiger partial charge on any atom is 0.276 e. The van der Waals surface area contributed by atoms with Gasteiger partial charge in [0.2, 0.25) is 0 Å². The smallest absolute Gasteiger partial charge is 0.276 e. The van der Waals surface area contributed by atoms with Gasteiger partial charge in [0.1, 0.15) is 5.69 Å². The van der Waals surface area contributed by atoms with Crippen molar-refractivity contribution in [3.8, 4) is 11.5 Å². The second-order valence-corrected chi connectivity index (χ2v) is 10.4. The highest BCUT2D eigenvalue weighted by molar-refractivity contribution is 7.15. The van der Waals surface area contributed by atoms with Crippen LogP contribution < -0.4 is 14.8 Å². The number of para-hydroxylation sites is 1. The lowest BCUT2D eigenvalue weighted by molar-refractivity contribution is 0.102. The van der Waals surface area contributed by atoms with Gasteiger partial charge in [-0.25, -0.2) is 9.97 Å². The number of nitrogens with one attached hydrogen (secondary N) is 1. The number of carbonyl (C=O) groups excluding carboxylic acids is 1. The summed E-state index contributed by atoms with van der Waals surface area (Å²) in [5.41, 5.74) is 2.60. The number of hydrogen-bond acceptors (Lipinski definition) is 7. The zero-order valence-corrected chi connectivity index (χ0v) is 23.3. The SMILES string of the molecule is C=C(C)Oc1c(/C=C/c2nc3sccn3c2C(=O)Nc2nc(C(C)(C)C)cs2)cccc1OC.CC. The van der Waals surface area contributed by atoms with Crippen molar-refractivity contribution in [2.24, 2.45) is 0 Å². The van der Waals surface area contributed by atoms with E-state index >= 15 is 0 Å². The minimum Gasteiger partial charge on any atom is -0.493 e. The zero-order valence-electron chi connectivity index (χ0n) is 21.7. The quantitative estimate of drug-likeness (QED) is 0.253. The molecular formula is C27H32N4O3S2. The van der Waals surface area contributed by atoms with Gasteiger partial charge in [0.05, 0.1) is 24.3 Å². The van der Waals surface area contributed by atoms with Gasteiger partial charge in [-0.1, -0.05) is 53.3 Å². The van der Waals surface area contributed by atoms with Crippen molar-refractivity contribution in [2.45, 2.75) is 47.0 Å². The van der Waals surface area contributed by atoms with Crippen LogP contribution in [-0.4, -0.2) is 27.4 Å². The third kappa shape index (κ3) is 6.03. The van der Waals surface area contributed by atoms with E-state index in [4.69, 9.17) is 9.47 Å². The number of rotatable bonds is 7. The molecule has 0 aliphatic carbocycles. The van der Waals surface area contributed by atoms with Gasteiger partial charge in [0.25, 0.3) is 5.91 Å². The summed E-state index contributed by atoms with van der Waals surface area (Å²) < 4.78 is 13.0. The number of hydrogen-bond donors (Lipinski definition) is 1. The molecule has 0 fully saturated rings. The minimum absolute atomic E-state index is 0.0923. The summed E-state index contributed by atoms with van der Waals surface area (Å²) in [6.07, 6.45) is 5.49. The van der Waals surface area contributed by atoms with E-state index in [0.717, 1.165) is 16.2 Å². The number of ether oxygens (including phenoxy) is 2. The standard InChI is InChI=1S/C25H26N4O3S2.C2H6/c1-15(2)32-21-16(8-7-9-18(21)31-6)10-11-17-20(29-12-13-33-24(29)26-17)22(30)28-23-27-19(14-34-23)25(3,4)5;1-2/h7-14H,1H2,2-6H3,(H,27,28,30);1-2H3/b11-10+;. The van der Waals surface area contributed by atoms with Crippen LogP contribution in [0.25, 0.3) is 17.1 Å². The molecule has 0 saturated carbocycles. The fourth-order valence-corrected chi connectivity index (χ4v) is 4.91. The number of methoxy groups -OCH3 is 1. The summed E-state index contributed by atoms with van der Waals surface area (Å²) in [5.74, 6) is 1.41. The van der Waals surface area contributed by atoms with E-state index in [2.05, 4.69) is 42.6 Å². The number of benzene rings is 1. The highest BCUT2D eigenvalue weighted by Crippen LogP contribution is 2.34. The van der Waals surface area contributed by atoms with Crippen molar-refractivity contribution in [1.82, 2.24) is 14.4 Å². The Morgan fingerprint density at radius 1 is 1.17 bits per heavy atom. The summed E-state index contributed by atoms with van der Waals surface area (Å²) >= 11 is 2.87. The van der Waals surface area contributed by atoms with Crippen LogP contribution in [-0.2, 0) is 5.41 Å². The first-order chi connectivity index (χ1) is 17.2. The van der Waals surface area contributed by atoms with Gasteiger partial charge in [-0.3, -0.25) is 14.5 Å². The Kier molecular flexibility index (Phi) is 8.70. The van der Waals surface area contributed by atoms with Crippen LogP contribution in [0.1, 0.15) is 69.0 Å². The molecular weight excluding hydrogens is 492 g/mol. The summed E-state index contributed by atoms with van der Waals surface area (Å²) in [6.45, 7) is 15.9. The topological polar surface area (TPSA) is 77.8 Å². The largest absolute Gasteiger partial charge is 0.493 e. The van der Waals surface area contributed by atoms with Crippen molar-refractivity contribution in [1.29, 1.82) is 0 Å². The molecule has 1 aromatic carbocycles. The van der Waals surface area contributed by atoms with E-state index in [1.807, 2.05) is 55.1 Å². The van der Waals surface area contributed by atoms with E-state index in [9.17, 15) is 4.79 Å². The van der Waals surface area contributed by atoms with E-state index in [0.29, 0.717) is 33.8 Å². The lowest BCUT2D eigenvalue weighted by Crippen LogP contribution is -2.16. The van der Waals surface area contributed by atoms with Gasteiger partial charge in [-0.2, -0.15) is 0 Å². The van der Waals surface area contributed by atoms with Crippen LogP contribution in [0.2, 0.25) is 0 Å². The predicted octanol–water partition coefficient (Wildman–Crippen LogP) is 7.52. The third-order valence-electron chi connectivity index (χ3n) is 4.92. The number of aromatic nitrogens is 3. The van der Waals surface area contributed by atoms with Crippen LogP contribution in [0.4, 0.5) is 5.13 Å². The molecule has 0 atom stereocenters. The lowest BCUT2D eigenvalue weighted by Gasteiger charge is -2.14. The highest BCUT2D eigenvalue weighted by Gasteiger charge is 2.22. The summed E-state index contributed by atoms with van der Waals surface area (Å²) in [4.78, 5) is 23.3. The molecule has 4 rings (SSSR count). The lowest BCUT2D eigenvalue weighted by atomic mass is 9.93. The van der Waals surface area contributed by atoms with Gasteiger partial charge in [-0.15, -0.1) is 22.7 Å². The molecule has 0 spiro atoms. The molecule has 0 radical (unpaired) electrons. The number of fused-ring (bicyclic) bond motifs is 1. The van der Waals surface area contributed by atoms with E-state index < -0.39 is 0 Å². The molecule has 0 unspecified atom stereocenters. The summed E-state index contributed by atoms with van der Waals surface area (Å²) in [5, 5.41) is 7.36. The zero-order chi connectivity index (χ0) is 26.5. The van der Waals surface area contributed by atoms with Crippen molar-refractivity contribution >= 4 is 50.8 Å². The van der Waals surface area contributed by atoms with E-state index in [1.165, 1.54) is 22.7 Å². The number of nitrogens with zero attached hydrogens (tertiary/aromatic N) is 3. The number of anilines is 1. The van der Waals surface area contributed by atoms with Crippen LogP contribution in [0, 0.1) is 0 Å². The Labute approximate surface area is 220 Å². The fourth-order valence-electron chi connectivity index (χ4n) is 3.25. The Morgan fingerprint density at radius 3 is 2.56 bits per heavy atom. The number of thiazole rings is 2. The molecule has 1 N–H and O–H groups in total. The molecule has 4 aromatic rings. The Balaban J connectivity index is 0.00000176. The van der Waals surface area contributed by atoms with Gasteiger partial charge < -0.3 is 9.47 Å². The second kappa shape index (κ2) is 11.5. The molecule has 7 nitrogen and oxygen atoms in total. The molecule has 0 aliphatic rings. The van der Waals surface area contributed by atoms with Crippen LogP contribution in [0.15, 0.2) is 47.5 Å². The van der Waals surface area contributed by atoms with Crippen LogP contribution in [0.5, 0.6) is 11.5 Å². The van der Waals surface area contributed by atoms with Gasteiger partial charge in [0, 0.05) is 27.9 Å².